The van der Waals surface area contributed by atoms with Gasteiger partial charge in [0.2, 0.25) is 0 Å². The van der Waals surface area contributed by atoms with Gasteiger partial charge in [-0.2, -0.15) is 18.3 Å². The predicted molar refractivity (Wildman–Crippen MR) is 85.8 cm³/mol. The van der Waals surface area contributed by atoms with Crippen molar-refractivity contribution in [2.24, 2.45) is 0 Å². The number of halogens is 5. The average molecular weight is 392 g/mol. The Morgan fingerprint density at radius 3 is 2.64 bits per heavy atom. The summed E-state index contributed by atoms with van der Waals surface area (Å²) in [6.07, 6.45) is -4.67. The molecule has 1 unspecified atom stereocenters. The van der Waals surface area contributed by atoms with Crippen LogP contribution in [0.15, 0.2) is 35.5 Å². The van der Waals surface area contributed by atoms with Crippen molar-refractivity contribution in [2.75, 3.05) is 5.32 Å². The molecule has 2 heterocycles. The van der Waals surface area contributed by atoms with E-state index in [9.17, 15) is 23.1 Å². The Hall–Kier alpha value is -2.19. The standard InChI is InChI=1S/C15H10Cl2F3N3O2/c1-6-11(14(24)25)13(7-3-2-4-8(16)12(7)17)23-10(21-6)5-9(22-23)15(18,19)20/h2-5,13,21H,1H3,(H,24,25). The first-order chi connectivity index (χ1) is 11.6. The molecule has 2 N–H and O–H groups in total. The first-order valence-corrected chi connectivity index (χ1v) is 7.68. The molecule has 1 aliphatic rings. The molecule has 0 aliphatic carbocycles. The van der Waals surface area contributed by atoms with Gasteiger partial charge in [0.25, 0.3) is 0 Å². The zero-order chi connectivity index (χ0) is 18.5. The molecule has 0 saturated carbocycles. The lowest BCUT2D eigenvalue weighted by molar-refractivity contribution is -0.141. The van der Waals surface area contributed by atoms with E-state index in [0.717, 1.165) is 10.7 Å². The fraction of sp³-hybridized carbons (Fsp3) is 0.200. The number of fused-ring (bicyclic) bond motifs is 1. The zero-order valence-electron chi connectivity index (χ0n) is 12.5. The van der Waals surface area contributed by atoms with Crippen molar-refractivity contribution in [3.05, 3.63) is 56.8 Å². The average Bonchev–Trinajstić information content (AvgIpc) is 2.92. The monoisotopic (exact) mass is 391 g/mol. The SMILES string of the molecule is CC1=C(C(=O)O)C(c2cccc(Cl)c2Cl)n2nc(C(F)(F)F)cc2N1. The van der Waals surface area contributed by atoms with Crippen LogP contribution in [0.5, 0.6) is 0 Å². The Balaban J connectivity index is 2.28. The molecule has 0 fully saturated rings. The lowest BCUT2D eigenvalue weighted by Gasteiger charge is -2.28. The first kappa shape index (κ1) is 17.6. The van der Waals surface area contributed by atoms with Crippen LogP contribution in [0.3, 0.4) is 0 Å². The molecule has 132 valence electrons. The molecule has 3 rings (SSSR count). The van der Waals surface area contributed by atoms with E-state index in [2.05, 4.69) is 10.4 Å². The van der Waals surface area contributed by atoms with Gasteiger partial charge in [-0.15, -0.1) is 0 Å². The minimum Gasteiger partial charge on any atom is -0.478 e. The fourth-order valence-electron chi connectivity index (χ4n) is 2.71. The number of aromatic nitrogens is 2. The van der Waals surface area contributed by atoms with Gasteiger partial charge in [0.05, 0.1) is 15.6 Å². The van der Waals surface area contributed by atoms with Gasteiger partial charge in [-0.3, -0.25) is 0 Å². The first-order valence-electron chi connectivity index (χ1n) is 6.93. The highest BCUT2D eigenvalue weighted by atomic mass is 35.5. The number of rotatable bonds is 2. The second-order valence-electron chi connectivity index (χ2n) is 5.37. The third-order valence-electron chi connectivity index (χ3n) is 3.77. The summed E-state index contributed by atoms with van der Waals surface area (Å²) in [5.74, 6) is -1.29. The van der Waals surface area contributed by atoms with Gasteiger partial charge >= 0.3 is 12.1 Å². The van der Waals surface area contributed by atoms with Crippen molar-refractivity contribution >= 4 is 35.0 Å². The Kier molecular flexibility index (Phi) is 4.20. The van der Waals surface area contributed by atoms with Crippen molar-refractivity contribution in [3.8, 4) is 0 Å². The molecule has 1 aromatic carbocycles. The van der Waals surface area contributed by atoms with Gasteiger partial charge < -0.3 is 10.4 Å². The number of carboxylic acids is 1. The topological polar surface area (TPSA) is 67.1 Å². The van der Waals surface area contributed by atoms with Gasteiger partial charge in [-0.25, -0.2) is 9.48 Å². The Labute approximate surface area is 149 Å². The van der Waals surface area contributed by atoms with E-state index in [4.69, 9.17) is 23.2 Å². The number of nitrogens with one attached hydrogen (secondary N) is 1. The minimum absolute atomic E-state index is 0.0101. The van der Waals surface area contributed by atoms with E-state index in [0.29, 0.717) is 0 Å². The molecule has 1 aromatic heterocycles. The van der Waals surface area contributed by atoms with Crippen molar-refractivity contribution in [2.45, 2.75) is 19.1 Å². The largest absolute Gasteiger partial charge is 0.478 e. The van der Waals surface area contributed by atoms with E-state index in [1.807, 2.05) is 0 Å². The summed E-state index contributed by atoms with van der Waals surface area (Å²) in [4.78, 5) is 11.7. The molecule has 0 saturated heterocycles. The van der Waals surface area contributed by atoms with Crippen LogP contribution in [-0.2, 0) is 11.0 Å². The summed E-state index contributed by atoms with van der Waals surface area (Å²) >= 11 is 12.2. The number of nitrogens with zero attached hydrogens (tertiary/aromatic N) is 2. The Morgan fingerprint density at radius 1 is 1.36 bits per heavy atom. The molecule has 5 nitrogen and oxygen atoms in total. The van der Waals surface area contributed by atoms with E-state index in [1.54, 1.807) is 0 Å². The number of allylic oxidation sites excluding steroid dienone is 1. The van der Waals surface area contributed by atoms with Crippen LogP contribution in [0.4, 0.5) is 19.0 Å². The highest BCUT2D eigenvalue weighted by molar-refractivity contribution is 6.42. The van der Waals surface area contributed by atoms with E-state index >= 15 is 0 Å². The summed E-state index contributed by atoms with van der Waals surface area (Å²) < 4.78 is 40.0. The van der Waals surface area contributed by atoms with Gasteiger partial charge in [0, 0.05) is 17.3 Å². The van der Waals surface area contributed by atoms with Crippen LogP contribution < -0.4 is 5.32 Å². The molecule has 10 heteroatoms. The number of carbonyl (C=O) groups is 1. The minimum atomic E-state index is -4.67. The van der Waals surface area contributed by atoms with Crippen molar-refractivity contribution in [1.29, 1.82) is 0 Å². The fourth-order valence-corrected chi connectivity index (χ4v) is 3.12. The molecule has 0 radical (unpaired) electrons. The maximum Gasteiger partial charge on any atom is 0.435 e. The van der Waals surface area contributed by atoms with Gasteiger partial charge in [-0.1, -0.05) is 35.3 Å². The number of hydrogen-bond acceptors (Lipinski definition) is 3. The molecule has 0 amide bonds. The third-order valence-corrected chi connectivity index (χ3v) is 4.60. The summed E-state index contributed by atoms with van der Waals surface area (Å²) in [6, 6.07) is 4.19. The smallest absolute Gasteiger partial charge is 0.435 e. The number of anilines is 1. The number of benzene rings is 1. The lowest BCUT2D eigenvalue weighted by Crippen LogP contribution is -2.28. The lowest BCUT2D eigenvalue weighted by atomic mass is 9.95. The van der Waals surface area contributed by atoms with E-state index < -0.39 is 23.9 Å². The van der Waals surface area contributed by atoms with Crippen molar-refractivity contribution < 1.29 is 23.1 Å². The number of aliphatic carboxylic acids is 1. The van der Waals surface area contributed by atoms with Gasteiger partial charge in [0.15, 0.2) is 5.69 Å². The third kappa shape index (κ3) is 2.96. The van der Waals surface area contributed by atoms with Crippen LogP contribution >= 0.6 is 23.2 Å². The number of hydrogen-bond donors (Lipinski definition) is 2. The molecule has 25 heavy (non-hydrogen) atoms. The molecule has 1 atom stereocenters. The maximum absolute atomic E-state index is 13.0. The summed E-state index contributed by atoms with van der Waals surface area (Å²) in [5, 5.41) is 16.0. The Morgan fingerprint density at radius 2 is 2.04 bits per heavy atom. The maximum atomic E-state index is 13.0. The Bertz CT molecular complexity index is 906. The molecule has 0 bridgehead atoms. The summed E-state index contributed by atoms with van der Waals surface area (Å²) in [6.45, 7) is 1.46. The zero-order valence-corrected chi connectivity index (χ0v) is 14.0. The van der Waals surface area contributed by atoms with Crippen molar-refractivity contribution in [3.63, 3.8) is 0 Å². The normalized spacial score (nSPS) is 17.3. The highest BCUT2D eigenvalue weighted by Gasteiger charge is 2.40. The van der Waals surface area contributed by atoms with Crippen LogP contribution in [-0.4, -0.2) is 20.9 Å². The van der Waals surface area contributed by atoms with Crippen LogP contribution in [0, 0.1) is 0 Å². The van der Waals surface area contributed by atoms with E-state index in [1.165, 1.54) is 25.1 Å². The molecule has 2 aromatic rings. The van der Waals surface area contributed by atoms with E-state index in [-0.39, 0.29) is 32.7 Å². The van der Waals surface area contributed by atoms with Crippen LogP contribution in [0.25, 0.3) is 0 Å². The summed E-state index contributed by atoms with van der Waals surface area (Å²) in [7, 11) is 0. The molecule has 0 spiro atoms. The highest BCUT2D eigenvalue weighted by Crippen LogP contribution is 2.42. The van der Waals surface area contributed by atoms with Crippen LogP contribution in [0.2, 0.25) is 10.0 Å². The molecular weight excluding hydrogens is 382 g/mol. The van der Waals surface area contributed by atoms with Crippen molar-refractivity contribution in [1.82, 2.24) is 9.78 Å². The molecular formula is C15H10Cl2F3N3O2. The second-order valence-corrected chi connectivity index (χ2v) is 6.16. The van der Waals surface area contributed by atoms with Crippen LogP contribution in [0.1, 0.15) is 24.2 Å². The van der Waals surface area contributed by atoms with Gasteiger partial charge in [-0.05, 0) is 13.0 Å². The predicted octanol–water partition coefficient (Wildman–Crippen LogP) is 4.58. The molecule has 1 aliphatic heterocycles. The number of alkyl halides is 3. The summed E-state index contributed by atoms with van der Waals surface area (Å²) in [5.41, 5.74) is -0.883. The second kappa shape index (κ2) is 5.96. The quantitative estimate of drug-likeness (QED) is 0.785. The number of carboxylic acid groups (broad SMARTS) is 1. The van der Waals surface area contributed by atoms with Gasteiger partial charge in [0.1, 0.15) is 11.9 Å².